The fraction of sp³-hybridized carbons (Fsp3) is 0.458. The van der Waals surface area contributed by atoms with E-state index in [2.05, 4.69) is 9.62 Å². The van der Waals surface area contributed by atoms with E-state index in [-0.39, 0.29) is 22.8 Å². The van der Waals surface area contributed by atoms with E-state index in [1.165, 1.54) is 0 Å². The van der Waals surface area contributed by atoms with Crippen LogP contribution < -0.4 is 14.2 Å². The molecule has 1 unspecified atom stereocenters. The van der Waals surface area contributed by atoms with Gasteiger partial charge in [0.1, 0.15) is 11.5 Å². The minimum absolute atomic E-state index is 0.213. The molecule has 1 aliphatic heterocycles. The molecule has 2 aromatic carbocycles. The molecule has 1 aliphatic carbocycles. The Morgan fingerprint density at radius 2 is 1.72 bits per heavy atom. The number of Topliss-reactive ketones (excluding diaryl/α,β-unsaturated/α-hetero) is 1. The average Bonchev–Trinajstić information content (AvgIpc) is 3.57. The number of benzene rings is 2. The summed E-state index contributed by atoms with van der Waals surface area (Å²) in [6.07, 6.45) is 4.31. The summed E-state index contributed by atoms with van der Waals surface area (Å²) in [6, 6.07) is 13.8. The zero-order valence-corrected chi connectivity index (χ0v) is 19.1. The van der Waals surface area contributed by atoms with Gasteiger partial charge >= 0.3 is 0 Å². The highest BCUT2D eigenvalue weighted by Gasteiger charge is 2.30. The minimum atomic E-state index is -3.59. The zero-order valence-electron chi connectivity index (χ0n) is 18.3. The van der Waals surface area contributed by atoms with E-state index in [4.69, 9.17) is 9.47 Å². The molecule has 0 bridgehead atoms. The van der Waals surface area contributed by atoms with Crippen LogP contribution in [-0.2, 0) is 10.0 Å². The SMILES string of the molecule is COc1ccc(S(=O)(=O)NC2CCCN2CCCOc2ccc(C(=O)C3CC3)cc2)cc1. The van der Waals surface area contributed by atoms with E-state index < -0.39 is 10.0 Å². The van der Waals surface area contributed by atoms with Crippen LogP contribution in [0.4, 0.5) is 0 Å². The Labute approximate surface area is 189 Å². The van der Waals surface area contributed by atoms with Crippen LogP contribution in [0.3, 0.4) is 0 Å². The topological polar surface area (TPSA) is 84.9 Å². The number of likely N-dealkylation sites (tertiary alicyclic amines) is 1. The van der Waals surface area contributed by atoms with Crippen LogP contribution in [0.25, 0.3) is 0 Å². The fourth-order valence-electron chi connectivity index (χ4n) is 3.98. The fourth-order valence-corrected chi connectivity index (χ4v) is 5.24. The van der Waals surface area contributed by atoms with Crippen molar-refractivity contribution < 1.29 is 22.7 Å². The second-order valence-electron chi connectivity index (χ2n) is 8.36. The molecule has 2 aromatic rings. The third-order valence-corrected chi connectivity index (χ3v) is 7.45. The summed E-state index contributed by atoms with van der Waals surface area (Å²) in [5, 5.41) is 0. The minimum Gasteiger partial charge on any atom is -0.497 e. The van der Waals surface area contributed by atoms with E-state index in [9.17, 15) is 13.2 Å². The number of hydrogen-bond donors (Lipinski definition) is 1. The van der Waals surface area contributed by atoms with E-state index >= 15 is 0 Å². The highest BCUT2D eigenvalue weighted by atomic mass is 32.2. The van der Waals surface area contributed by atoms with E-state index in [1.807, 2.05) is 24.3 Å². The molecule has 32 heavy (non-hydrogen) atoms. The molecule has 1 heterocycles. The predicted octanol–water partition coefficient (Wildman–Crippen LogP) is 3.46. The van der Waals surface area contributed by atoms with Gasteiger partial charge in [-0.05, 0) is 87.2 Å². The normalized spacial score (nSPS) is 19.1. The number of nitrogens with one attached hydrogen (secondary N) is 1. The molecular formula is C24H30N2O5S. The van der Waals surface area contributed by atoms with Gasteiger partial charge in [0.15, 0.2) is 5.78 Å². The van der Waals surface area contributed by atoms with Crippen LogP contribution in [0.15, 0.2) is 53.4 Å². The lowest BCUT2D eigenvalue weighted by atomic mass is 10.1. The molecule has 7 nitrogen and oxygen atoms in total. The third-order valence-electron chi connectivity index (χ3n) is 5.97. The first-order chi connectivity index (χ1) is 15.5. The van der Waals surface area contributed by atoms with Gasteiger partial charge in [-0.1, -0.05) is 0 Å². The van der Waals surface area contributed by atoms with Gasteiger partial charge in [0.2, 0.25) is 10.0 Å². The number of methoxy groups -OCH3 is 1. The Morgan fingerprint density at radius 3 is 2.38 bits per heavy atom. The Hall–Kier alpha value is -2.42. The maximum absolute atomic E-state index is 12.7. The molecule has 0 spiro atoms. The standard InChI is InChI=1S/C24H30N2O5S/c1-30-20-11-13-22(14-12-20)32(28,29)25-23-4-2-15-26(23)16-3-17-31-21-9-7-19(8-10-21)24(27)18-5-6-18/h7-14,18,23,25H,2-6,15-17H2,1H3. The molecule has 1 N–H and O–H groups in total. The van der Waals surface area contributed by atoms with Gasteiger partial charge in [0.05, 0.1) is 24.8 Å². The summed E-state index contributed by atoms with van der Waals surface area (Å²) in [6.45, 7) is 2.13. The lowest BCUT2D eigenvalue weighted by Crippen LogP contribution is -2.44. The predicted molar refractivity (Wildman–Crippen MR) is 122 cm³/mol. The van der Waals surface area contributed by atoms with Crippen LogP contribution in [0.5, 0.6) is 11.5 Å². The number of nitrogens with zero attached hydrogens (tertiary/aromatic N) is 1. The molecule has 4 rings (SSSR count). The molecule has 0 amide bonds. The van der Waals surface area contributed by atoms with E-state index in [0.29, 0.717) is 12.4 Å². The number of ketones is 1. The summed E-state index contributed by atoms with van der Waals surface area (Å²) < 4.78 is 39.2. The second kappa shape index (κ2) is 10.0. The quantitative estimate of drug-likeness (QED) is 0.410. The largest absolute Gasteiger partial charge is 0.497 e. The number of carbonyl (C=O) groups is 1. The summed E-state index contributed by atoms with van der Waals surface area (Å²) in [5.74, 6) is 1.82. The lowest BCUT2D eigenvalue weighted by molar-refractivity contribution is 0.0967. The highest BCUT2D eigenvalue weighted by Crippen LogP contribution is 2.33. The number of rotatable bonds is 11. The molecule has 8 heteroatoms. The first-order valence-corrected chi connectivity index (χ1v) is 12.6. The Bertz CT molecular complexity index is 1020. The molecule has 172 valence electrons. The van der Waals surface area contributed by atoms with Crippen LogP contribution in [0, 0.1) is 5.92 Å². The second-order valence-corrected chi connectivity index (χ2v) is 10.1. The van der Waals surface area contributed by atoms with Gasteiger partial charge in [0.25, 0.3) is 0 Å². The summed E-state index contributed by atoms with van der Waals surface area (Å²) in [5.41, 5.74) is 0.754. The third kappa shape index (κ3) is 5.68. The first-order valence-electron chi connectivity index (χ1n) is 11.1. The van der Waals surface area contributed by atoms with E-state index in [0.717, 1.165) is 56.5 Å². The van der Waals surface area contributed by atoms with Crippen LogP contribution >= 0.6 is 0 Å². The first kappa shape index (κ1) is 22.8. The van der Waals surface area contributed by atoms with Gasteiger partial charge in [-0.15, -0.1) is 0 Å². The number of hydrogen-bond acceptors (Lipinski definition) is 6. The van der Waals surface area contributed by atoms with Crippen molar-refractivity contribution in [2.24, 2.45) is 5.92 Å². The van der Waals surface area contributed by atoms with Crippen molar-refractivity contribution in [3.8, 4) is 11.5 Å². The summed E-state index contributed by atoms with van der Waals surface area (Å²) in [4.78, 5) is 14.5. The van der Waals surface area contributed by atoms with E-state index in [1.54, 1.807) is 31.4 Å². The Kier molecular flexibility index (Phi) is 7.13. The highest BCUT2D eigenvalue weighted by molar-refractivity contribution is 7.89. The van der Waals surface area contributed by atoms with Crippen molar-refractivity contribution in [2.75, 3.05) is 26.8 Å². The molecule has 2 fully saturated rings. The van der Waals surface area contributed by atoms with Gasteiger partial charge in [-0.25, -0.2) is 8.42 Å². The lowest BCUT2D eigenvalue weighted by Gasteiger charge is -2.25. The number of ether oxygens (including phenoxy) is 2. The molecule has 1 saturated carbocycles. The Morgan fingerprint density at radius 1 is 1.03 bits per heavy atom. The zero-order chi connectivity index (χ0) is 22.6. The maximum Gasteiger partial charge on any atom is 0.241 e. The number of sulfonamides is 1. The van der Waals surface area contributed by atoms with Gasteiger partial charge in [-0.2, -0.15) is 4.72 Å². The van der Waals surface area contributed by atoms with Gasteiger partial charge < -0.3 is 9.47 Å². The van der Waals surface area contributed by atoms with Crippen molar-refractivity contribution in [1.82, 2.24) is 9.62 Å². The molecule has 2 aliphatic rings. The average molecular weight is 459 g/mol. The van der Waals surface area contributed by atoms with Crippen molar-refractivity contribution in [3.63, 3.8) is 0 Å². The van der Waals surface area contributed by atoms with Crippen LogP contribution in [-0.4, -0.2) is 52.1 Å². The molecule has 1 atom stereocenters. The molecular weight excluding hydrogens is 428 g/mol. The van der Waals surface area contributed by atoms with Crippen LogP contribution in [0.2, 0.25) is 0 Å². The van der Waals surface area contributed by atoms with Crippen molar-refractivity contribution in [2.45, 2.75) is 43.2 Å². The summed E-state index contributed by atoms with van der Waals surface area (Å²) in [7, 11) is -2.05. The van der Waals surface area contributed by atoms with Gasteiger partial charge in [0, 0.05) is 18.0 Å². The van der Waals surface area contributed by atoms with Crippen molar-refractivity contribution >= 4 is 15.8 Å². The van der Waals surface area contributed by atoms with Gasteiger partial charge in [-0.3, -0.25) is 9.69 Å². The molecule has 0 aromatic heterocycles. The Balaban J connectivity index is 1.23. The van der Waals surface area contributed by atoms with Crippen LogP contribution in [0.1, 0.15) is 42.5 Å². The summed E-state index contributed by atoms with van der Waals surface area (Å²) >= 11 is 0. The molecule has 0 radical (unpaired) electrons. The number of carbonyl (C=O) groups excluding carboxylic acids is 1. The van der Waals surface area contributed by atoms with Crippen molar-refractivity contribution in [3.05, 3.63) is 54.1 Å². The maximum atomic E-state index is 12.7. The smallest absolute Gasteiger partial charge is 0.241 e. The monoisotopic (exact) mass is 458 g/mol. The van der Waals surface area contributed by atoms with Crippen molar-refractivity contribution in [1.29, 1.82) is 0 Å². The molecule has 1 saturated heterocycles.